The number of aromatic nitrogens is 3. The molecule has 0 spiro atoms. The lowest BCUT2D eigenvalue weighted by atomic mass is 9.81. The number of rotatable bonds is 3. The minimum atomic E-state index is 0.150. The number of nitrogens with one attached hydrogen (secondary N) is 1. The first-order chi connectivity index (χ1) is 9.97. The standard InChI is InChI=1S/C15H22N4O2/c1-9-11-13(17-8-18-14(11)21-19-9)16-7-10-5-6-20-12(10)15(2,3)4/h8,10,12H,5-7H2,1-4H3,(H,16,17,18)/t10-,12+/m1/s1. The van der Waals surface area contributed by atoms with E-state index in [4.69, 9.17) is 9.26 Å². The Hall–Kier alpha value is -1.69. The summed E-state index contributed by atoms with van der Waals surface area (Å²) in [6.45, 7) is 10.2. The summed E-state index contributed by atoms with van der Waals surface area (Å²) >= 11 is 0. The lowest BCUT2D eigenvalue weighted by Gasteiger charge is -2.31. The molecule has 1 aliphatic rings. The molecule has 0 aliphatic carbocycles. The Morgan fingerprint density at radius 1 is 1.33 bits per heavy atom. The van der Waals surface area contributed by atoms with Crippen molar-refractivity contribution < 1.29 is 9.26 Å². The van der Waals surface area contributed by atoms with Gasteiger partial charge in [0.15, 0.2) is 0 Å². The Bertz CT molecular complexity index is 632. The Kier molecular flexibility index (Phi) is 3.57. The third kappa shape index (κ3) is 2.72. The molecule has 114 valence electrons. The van der Waals surface area contributed by atoms with E-state index >= 15 is 0 Å². The van der Waals surface area contributed by atoms with Crippen LogP contribution >= 0.6 is 0 Å². The molecule has 3 heterocycles. The van der Waals surface area contributed by atoms with Gasteiger partial charge in [-0.2, -0.15) is 4.98 Å². The predicted octanol–water partition coefficient (Wildman–Crippen LogP) is 2.79. The normalized spacial score (nSPS) is 22.9. The fraction of sp³-hybridized carbons (Fsp3) is 0.667. The van der Waals surface area contributed by atoms with Crippen molar-refractivity contribution in [2.45, 2.75) is 40.2 Å². The highest BCUT2D eigenvalue weighted by Gasteiger charge is 2.37. The van der Waals surface area contributed by atoms with Gasteiger partial charge in [0.05, 0.1) is 11.8 Å². The summed E-state index contributed by atoms with van der Waals surface area (Å²) in [6, 6.07) is 0. The molecule has 2 aromatic rings. The van der Waals surface area contributed by atoms with Gasteiger partial charge in [-0.3, -0.25) is 0 Å². The highest BCUT2D eigenvalue weighted by atomic mass is 16.5. The van der Waals surface area contributed by atoms with Crippen LogP contribution in [0.1, 0.15) is 32.9 Å². The van der Waals surface area contributed by atoms with Crippen molar-refractivity contribution in [3.05, 3.63) is 12.0 Å². The van der Waals surface area contributed by atoms with Gasteiger partial charge in [0.1, 0.15) is 17.5 Å². The molecule has 1 N–H and O–H groups in total. The van der Waals surface area contributed by atoms with Crippen LogP contribution in [0.2, 0.25) is 0 Å². The van der Waals surface area contributed by atoms with Gasteiger partial charge in [-0.25, -0.2) is 4.98 Å². The third-order valence-corrected chi connectivity index (χ3v) is 4.04. The zero-order valence-electron chi connectivity index (χ0n) is 13.0. The number of aryl methyl sites for hydroxylation is 1. The molecule has 2 atom stereocenters. The summed E-state index contributed by atoms with van der Waals surface area (Å²) in [6.07, 6.45) is 2.85. The Balaban J connectivity index is 1.76. The number of hydrogen-bond donors (Lipinski definition) is 1. The second kappa shape index (κ2) is 5.26. The molecular formula is C15H22N4O2. The molecule has 21 heavy (non-hydrogen) atoms. The van der Waals surface area contributed by atoms with Crippen LogP contribution in [0.5, 0.6) is 0 Å². The minimum Gasteiger partial charge on any atom is -0.377 e. The summed E-state index contributed by atoms with van der Waals surface area (Å²) < 4.78 is 11.1. The summed E-state index contributed by atoms with van der Waals surface area (Å²) in [4.78, 5) is 8.42. The van der Waals surface area contributed by atoms with Crippen LogP contribution in [0.3, 0.4) is 0 Å². The zero-order valence-corrected chi connectivity index (χ0v) is 13.0. The summed E-state index contributed by atoms with van der Waals surface area (Å²) in [7, 11) is 0. The summed E-state index contributed by atoms with van der Waals surface area (Å²) in [5.74, 6) is 1.27. The number of fused-ring (bicyclic) bond motifs is 1. The maximum Gasteiger partial charge on any atom is 0.263 e. The van der Waals surface area contributed by atoms with E-state index in [1.807, 2.05) is 6.92 Å². The molecule has 6 heteroatoms. The van der Waals surface area contributed by atoms with Crippen LogP contribution in [-0.2, 0) is 4.74 Å². The molecule has 6 nitrogen and oxygen atoms in total. The van der Waals surface area contributed by atoms with Crippen molar-refractivity contribution in [2.75, 3.05) is 18.5 Å². The molecule has 0 unspecified atom stereocenters. The van der Waals surface area contributed by atoms with E-state index in [1.165, 1.54) is 6.33 Å². The van der Waals surface area contributed by atoms with Crippen LogP contribution in [0.25, 0.3) is 11.1 Å². The first kappa shape index (κ1) is 14.3. The van der Waals surface area contributed by atoms with E-state index in [0.29, 0.717) is 11.6 Å². The van der Waals surface area contributed by atoms with Crippen molar-refractivity contribution >= 4 is 16.9 Å². The molecule has 1 aliphatic heterocycles. The van der Waals surface area contributed by atoms with E-state index in [9.17, 15) is 0 Å². The van der Waals surface area contributed by atoms with Crippen molar-refractivity contribution in [1.82, 2.24) is 15.1 Å². The van der Waals surface area contributed by atoms with Gasteiger partial charge in [0, 0.05) is 19.1 Å². The lowest BCUT2D eigenvalue weighted by molar-refractivity contribution is 0.00956. The lowest BCUT2D eigenvalue weighted by Crippen LogP contribution is -2.34. The predicted molar refractivity (Wildman–Crippen MR) is 80.1 cm³/mol. The van der Waals surface area contributed by atoms with E-state index in [2.05, 4.69) is 41.2 Å². The van der Waals surface area contributed by atoms with Crippen molar-refractivity contribution in [2.24, 2.45) is 11.3 Å². The topological polar surface area (TPSA) is 73.1 Å². The quantitative estimate of drug-likeness (QED) is 0.937. The smallest absolute Gasteiger partial charge is 0.263 e. The third-order valence-electron chi connectivity index (χ3n) is 4.04. The highest BCUT2D eigenvalue weighted by Crippen LogP contribution is 2.35. The van der Waals surface area contributed by atoms with Crippen LogP contribution in [0.4, 0.5) is 5.82 Å². The average Bonchev–Trinajstić information content (AvgIpc) is 3.03. The maximum atomic E-state index is 5.91. The SMILES string of the molecule is Cc1noc2ncnc(NC[C@H]3CCO[C@@H]3C(C)(C)C)c12. The maximum absolute atomic E-state index is 5.91. The second-order valence-electron chi connectivity index (χ2n) is 6.76. The Labute approximate surface area is 124 Å². The van der Waals surface area contributed by atoms with Gasteiger partial charge in [0.25, 0.3) is 5.71 Å². The highest BCUT2D eigenvalue weighted by molar-refractivity contribution is 5.87. The average molecular weight is 290 g/mol. The first-order valence-corrected chi connectivity index (χ1v) is 7.39. The van der Waals surface area contributed by atoms with Gasteiger partial charge in [-0.15, -0.1) is 0 Å². The van der Waals surface area contributed by atoms with Crippen LogP contribution in [0, 0.1) is 18.3 Å². The van der Waals surface area contributed by atoms with Crippen LogP contribution < -0.4 is 5.32 Å². The van der Waals surface area contributed by atoms with E-state index in [0.717, 1.165) is 36.5 Å². The Morgan fingerprint density at radius 3 is 2.90 bits per heavy atom. The molecule has 0 aromatic carbocycles. The minimum absolute atomic E-state index is 0.150. The second-order valence-corrected chi connectivity index (χ2v) is 6.76. The zero-order chi connectivity index (χ0) is 15.0. The van der Waals surface area contributed by atoms with Crippen LogP contribution in [0.15, 0.2) is 10.9 Å². The number of anilines is 1. The first-order valence-electron chi connectivity index (χ1n) is 7.39. The number of ether oxygens (including phenoxy) is 1. The molecule has 1 fully saturated rings. The molecule has 1 saturated heterocycles. The Morgan fingerprint density at radius 2 is 2.14 bits per heavy atom. The van der Waals surface area contributed by atoms with Crippen LogP contribution in [-0.4, -0.2) is 34.4 Å². The van der Waals surface area contributed by atoms with Gasteiger partial charge in [0.2, 0.25) is 0 Å². The van der Waals surface area contributed by atoms with Gasteiger partial charge >= 0.3 is 0 Å². The van der Waals surface area contributed by atoms with Crippen molar-refractivity contribution in [3.8, 4) is 0 Å². The number of hydrogen-bond acceptors (Lipinski definition) is 6. The van der Waals surface area contributed by atoms with Gasteiger partial charge in [-0.1, -0.05) is 25.9 Å². The van der Waals surface area contributed by atoms with E-state index < -0.39 is 0 Å². The van der Waals surface area contributed by atoms with Crippen molar-refractivity contribution in [3.63, 3.8) is 0 Å². The van der Waals surface area contributed by atoms with Gasteiger partial charge < -0.3 is 14.6 Å². The molecule has 0 bridgehead atoms. The number of nitrogens with zero attached hydrogens (tertiary/aromatic N) is 3. The van der Waals surface area contributed by atoms with Gasteiger partial charge in [-0.05, 0) is 18.8 Å². The molecule has 0 radical (unpaired) electrons. The van der Waals surface area contributed by atoms with E-state index in [-0.39, 0.29) is 11.5 Å². The molecule has 2 aromatic heterocycles. The van der Waals surface area contributed by atoms with Crippen molar-refractivity contribution in [1.29, 1.82) is 0 Å². The monoisotopic (exact) mass is 290 g/mol. The largest absolute Gasteiger partial charge is 0.377 e. The van der Waals surface area contributed by atoms with E-state index in [1.54, 1.807) is 0 Å². The fourth-order valence-corrected chi connectivity index (χ4v) is 3.08. The summed E-state index contributed by atoms with van der Waals surface area (Å²) in [5, 5.41) is 8.24. The summed E-state index contributed by atoms with van der Waals surface area (Å²) in [5.41, 5.74) is 1.49. The molecular weight excluding hydrogens is 268 g/mol. The molecule has 0 amide bonds. The fourth-order valence-electron chi connectivity index (χ4n) is 3.08. The molecule has 0 saturated carbocycles. The molecule has 3 rings (SSSR count).